The minimum Gasteiger partial charge on any atom is -0.250 e. The molecule has 0 aliphatic heterocycles. The maximum Gasteiger partial charge on any atom is 0.132 e. The van der Waals surface area contributed by atoms with Crippen LogP contribution in [-0.4, -0.2) is 9.78 Å². The van der Waals surface area contributed by atoms with E-state index >= 15 is 0 Å². The van der Waals surface area contributed by atoms with Gasteiger partial charge in [0.25, 0.3) is 0 Å². The van der Waals surface area contributed by atoms with E-state index in [9.17, 15) is 0 Å². The fourth-order valence-corrected chi connectivity index (χ4v) is 2.83. The van der Waals surface area contributed by atoms with Crippen molar-refractivity contribution in [2.75, 3.05) is 0 Å². The fraction of sp³-hybridized carbons (Fsp3) is 0.750. The zero-order valence-corrected chi connectivity index (χ0v) is 11.4. The summed E-state index contributed by atoms with van der Waals surface area (Å²) in [6.45, 7) is 4.35. The van der Waals surface area contributed by atoms with Gasteiger partial charge in [-0.25, -0.2) is 0 Å². The Balaban J connectivity index is 2.30. The van der Waals surface area contributed by atoms with Crippen molar-refractivity contribution in [2.45, 2.75) is 51.5 Å². The van der Waals surface area contributed by atoms with E-state index in [0.717, 1.165) is 35.2 Å². The molecular formula is C12H18Cl2N2. The predicted molar refractivity (Wildman–Crippen MR) is 68.2 cm³/mol. The number of hydrogen-bond donors (Lipinski definition) is 0. The lowest BCUT2D eigenvalue weighted by Crippen LogP contribution is -2.09. The number of rotatable bonds is 5. The minimum absolute atomic E-state index is 0.417. The number of alkyl halides is 1. The van der Waals surface area contributed by atoms with Gasteiger partial charge >= 0.3 is 0 Å². The monoisotopic (exact) mass is 260 g/mol. The third-order valence-corrected chi connectivity index (χ3v) is 4.01. The van der Waals surface area contributed by atoms with Crippen LogP contribution >= 0.6 is 23.2 Å². The Kier molecular flexibility index (Phi) is 3.81. The normalized spacial score (nSPS) is 17.8. The summed E-state index contributed by atoms with van der Waals surface area (Å²) in [5, 5.41) is 5.38. The smallest absolute Gasteiger partial charge is 0.132 e. The average Bonchev–Trinajstić information content (AvgIpc) is 3.05. The van der Waals surface area contributed by atoms with Gasteiger partial charge in [0.05, 0.1) is 17.6 Å². The predicted octanol–water partition coefficient (Wildman–Crippen LogP) is 4.20. The molecule has 1 aliphatic rings. The van der Waals surface area contributed by atoms with E-state index in [0.29, 0.717) is 11.9 Å². The van der Waals surface area contributed by atoms with Crippen LogP contribution in [0.15, 0.2) is 0 Å². The first-order valence-electron chi connectivity index (χ1n) is 6.00. The van der Waals surface area contributed by atoms with Gasteiger partial charge in [0.1, 0.15) is 5.15 Å². The number of halogens is 2. The molecule has 1 saturated carbocycles. The van der Waals surface area contributed by atoms with Crippen molar-refractivity contribution in [2.24, 2.45) is 5.92 Å². The molecule has 2 rings (SSSR count). The molecule has 0 saturated heterocycles. The number of hydrogen-bond acceptors (Lipinski definition) is 1. The van der Waals surface area contributed by atoms with E-state index in [4.69, 9.17) is 23.2 Å². The lowest BCUT2D eigenvalue weighted by atomic mass is 10.2. The molecule has 0 spiro atoms. The SMILES string of the molecule is CCCc1nn(C(C)C2CC2)c(Cl)c1CCl. The van der Waals surface area contributed by atoms with Gasteiger partial charge in [0.15, 0.2) is 0 Å². The van der Waals surface area contributed by atoms with E-state index in [2.05, 4.69) is 18.9 Å². The molecule has 16 heavy (non-hydrogen) atoms. The maximum absolute atomic E-state index is 6.35. The average molecular weight is 261 g/mol. The summed E-state index contributed by atoms with van der Waals surface area (Å²) >= 11 is 12.3. The van der Waals surface area contributed by atoms with Gasteiger partial charge in [0.2, 0.25) is 0 Å². The van der Waals surface area contributed by atoms with Crippen molar-refractivity contribution in [1.29, 1.82) is 0 Å². The topological polar surface area (TPSA) is 17.8 Å². The Morgan fingerprint density at radius 2 is 2.19 bits per heavy atom. The number of aromatic nitrogens is 2. The molecule has 90 valence electrons. The highest BCUT2D eigenvalue weighted by Gasteiger charge is 2.31. The second-order valence-corrected chi connectivity index (χ2v) is 5.25. The Bertz CT molecular complexity index is 369. The molecule has 1 heterocycles. The van der Waals surface area contributed by atoms with Crippen LogP contribution in [0, 0.1) is 5.92 Å². The summed E-state index contributed by atoms with van der Waals surface area (Å²) in [5.41, 5.74) is 2.10. The highest BCUT2D eigenvalue weighted by Crippen LogP contribution is 2.41. The Morgan fingerprint density at radius 1 is 1.50 bits per heavy atom. The molecule has 1 aliphatic carbocycles. The Morgan fingerprint density at radius 3 is 2.69 bits per heavy atom. The molecule has 0 aromatic carbocycles. The molecule has 1 atom stereocenters. The lowest BCUT2D eigenvalue weighted by molar-refractivity contribution is 0.437. The fourth-order valence-electron chi connectivity index (χ4n) is 2.11. The van der Waals surface area contributed by atoms with E-state index in [-0.39, 0.29) is 0 Å². The van der Waals surface area contributed by atoms with Crippen LogP contribution in [0.3, 0.4) is 0 Å². The van der Waals surface area contributed by atoms with Gasteiger partial charge in [-0.2, -0.15) is 5.10 Å². The van der Waals surface area contributed by atoms with Gasteiger partial charge in [-0.05, 0) is 32.1 Å². The molecule has 0 N–H and O–H groups in total. The number of nitrogens with zero attached hydrogens (tertiary/aromatic N) is 2. The third kappa shape index (κ3) is 2.23. The standard InChI is InChI=1S/C12H18Cl2N2/c1-3-4-11-10(7-13)12(14)16(15-11)8(2)9-5-6-9/h8-9H,3-7H2,1-2H3. The molecule has 2 nitrogen and oxygen atoms in total. The minimum atomic E-state index is 0.417. The highest BCUT2D eigenvalue weighted by atomic mass is 35.5. The van der Waals surface area contributed by atoms with Crippen molar-refractivity contribution in [3.05, 3.63) is 16.4 Å². The van der Waals surface area contributed by atoms with Crippen molar-refractivity contribution in [3.63, 3.8) is 0 Å². The Labute approximate surface area is 107 Å². The van der Waals surface area contributed by atoms with Crippen molar-refractivity contribution in [1.82, 2.24) is 9.78 Å². The molecule has 0 bridgehead atoms. The summed E-state index contributed by atoms with van der Waals surface area (Å²) < 4.78 is 1.97. The first-order valence-corrected chi connectivity index (χ1v) is 6.92. The van der Waals surface area contributed by atoms with Crippen LogP contribution in [0.1, 0.15) is 50.4 Å². The van der Waals surface area contributed by atoms with Gasteiger partial charge in [0, 0.05) is 5.56 Å². The van der Waals surface area contributed by atoms with E-state index in [1.165, 1.54) is 12.8 Å². The quantitative estimate of drug-likeness (QED) is 0.726. The van der Waals surface area contributed by atoms with Crippen molar-refractivity contribution in [3.8, 4) is 0 Å². The maximum atomic E-state index is 6.35. The summed E-state index contributed by atoms with van der Waals surface area (Å²) in [4.78, 5) is 0. The molecule has 1 aromatic rings. The van der Waals surface area contributed by atoms with Gasteiger partial charge in [-0.1, -0.05) is 24.9 Å². The van der Waals surface area contributed by atoms with Crippen LogP contribution in [0.4, 0.5) is 0 Å². The van der Waals surface area contributed by atoms with E-state index in [1.54, 1.807) is 0 Å². The van der Waals surface area contributed by atoms with Crippen LogP contribution < -0.4 is 0 Å². The lowest BCUT2D eigenvalue weighted by Gasteiger charge is -2.11. The first-order chi connectivity index (χ1) is 7.69. The summed E-state index contributed by atoms with van der Waals surface area (Å²) in [6.07, 6.45) is 4.65. The van der Waals surface area contributed by atoms with Gasteiger partial charge in [-0.15, -0.1) is 11.6 Å². The first kappa shape index (κ1) is 12.3. The molecular weight excluding hydrogens is 243 g/mol. The van der Waals surface area contributed by atoms with E-state index < -0.39 is 0 Å². The second-order valence-electron chi connectivity index (χ2n) is 4.62. The highest BCUT2D eigenvalue weighted by molar-refractivity contribution is 6.31. The Hall–Kier alpha value is -0.210. The van der Waals surface area contributed by atoms with Crippen molar-refractivity contribution < 1.29 is 0 Å². The van der Waals surface area contributed by atoms with Crippen LogP contribution in [0.25, 0.3) is 0 Å². The number of aryl methyl sites for hydroxylation is 1. The van der Waals surface area contributed by atoms with E-state index in [1.807, 2.05) is 4.68 Å². The van der Waals surface area contributed by atoms with Crippen LogP contribution in [0.2, 0.25) is 5.15 Å². The molecule has 1 fully saturated rings. The molecule has 0 amide bonds. The van der Waals surface area contributed by atoms with Crippen LogP contribution in [0.5, 0.6) is 0 Å². The summed E-state index contributed by atoms with van der Waals surface area (Å²) in [7, 11) is 0. The zero-order valence-electron chi connectivity index (χ0n) is 9.84. The third-order valence-electron chi connectivity index (χ3n) is 3.34. The summed E-state index contributed by atoms with van der Waals surface area (Å²) in [6, 6.07) is 0.417. The second kappa shape index (κ2) is 4.97. The zero-order chi connectivity index (χ0) is 11.7. The molecule has 1 aromatic heterocycles. The largest absolute Gasteiger partial charge is 0.250 e. The van der Waals surface area contributed by atoms with Gasteiger partial charge in [-0.3, -0.25) is 4.68 Å². The van der Waals surface area contributed by atoms with Gasteiger partial charge < -0.3 is 0 Å². The molecule has 4 heteroatoms. The molecule has 0 radical (unpaired) electrons. The van der Waals surface area contributed by atoms with Crippen molar-refractivity contribution >= 4 is 23.2 Å². The van der Waals surface area contributed by atoms with Crippen LogP contribution in [-0.2, 0) is 12.3 Å². The molecule has 1 unspecified atom stereocenters. The summed E-state index contributed by atoms with van der Waals surface area (Å²) in [5.74, 6) is 1.22.